The van der Waals surface area contributed by atoms with Crippen molar-refractivity contribution < 1.29 is 9.84 Å². The Balaban J connectivity index is 1.82. The summed E-state index contributed by atoms with van der Waals surface area (Å²) in [7, 11) is 0. The Labute approximate surface area is 136 Å². The number of rotatable bonds is 6. The summed E-state index contributed by atoms with van der Waals surface area (Å²) in [6.07, 6.45) is 5.70. The van der Waals surface area contributed by atoms with Crippen molar-refractivity contribution in [3.05, 3.63) is 28.7 Å². The van der Waals surface area contributed by atoms with Crippen LogP contribution in [0.4, 0.5) is 0 Å². The second-order valence-corrected chi connectivity index (χ2v) is 6.84. The molecule has 0 amide bonds. The van der Waals surface area contributed by atoms with Crippen LogP contribution in [0.2, 0.25) is 0 Å². The Morgan fingerprint density at radius 3 is 2.76 bits per heavy atom. The van der Waals surface area contributed by atoms with Crippen LogP contribution in [0, 0.1) is 0 Å². The zero-order chi connectivity index (χ0) is 15.1. The molecule has 0 bridgehead atoms. The van der Waals surface area contributed by atoms with Gasteiger partial charge in [-0.15, -0.1) is 0 Å². The van der Waals surface area contributed by atoms with Crippen molar-refractivity contribution in [3.63, 3.8) is 0 Å². The molecule has 1 aliphatic rings. The van der Waals surface area contributed by atoms with E-state index in [0.717, 1.165) is 29.7 Å². The number of aliphatic hydroxyl groups excluding tert-OH is 1. The van der Waals surface area contributed by atoms with E-state index in [1.165, 1.54) is 25.7 Å². The smallest absolute Gasteiger partial charge is 0.119 e. The minimum absolute atomic E-state index is 0.219. The summed E-state index contributed by atoms with van der Waals surface area (Å²) >= 11 is 3.43. The number of hydrogen-bond donors (Lipinski definition) is 1. The van der Waals surface area contributed by atoms with Crippen LogP contribution in [0.3, 0.4) is 0 Å². The van der Waals surface area contributed by atoms with Gasteiger partial charge in [0.15, 0.2) is 0 Å². The molecule has 2 atom stereocenters. The largest absolute Gasteiger partial charge is 0.492 e. The fourth-order valence-corrected chi connectivity index (χ4v) is 3.27. The van der Waals surface area contributed by atoms with Crippen LogP contribution in [-0.2, 0) is 0 Å². The molecule has 1 aromatic carbocycles. The van der Waals surface area contributed by atoms with Gasteiger partial charge in [0, 0.05) is 17.1 Å². The van der Waals surface area contributed by atoms with Crippen molar-refractivity contribution in [3.8, 4) is 5.75 Å². The third kappa shape index (κ3) is 5.97. The molecule has 1 fully saturated rings. The average Bonchev–Trinajstić information content (AvgIpc) is 2.66. The molecule has 2 unspecified atom stereocenters. The van der Waals surface area contributed by atoms with Crippen LogP contribution in [0.5, 0.6) is 5.75 Å². The maximum Gasteiger partial charge on any atom is 0.119 e. The van der Waals surface area contributed by atoms with Crippen molar-refractivity contribution in [2.45, 2.75) is 51.2 Å². The molecular formula is C17H26BrNO2. The topological polar surface area (TPSA) is 32.7 Å². The first kappa shape index (κ1) is 16.8. The first-order chi connectivity index (χ1) is 10.1. The maximum atomic E-state index is 9.68. The zero-order valence-corrected chi connectivity index (χ0v) is 14.4. The number of nitrogens with zero attached hydrogens (tertiary/aromatic N) is 1. The van der Waals surface area contributed by atoms with E-state index in [0.29, 0.717) is 12.6 Å². The molecule has 1 saturated heterocycles. The normalized spacial score (nSPS) is 21.8. The quantitative estimate of drug-likeness (QED) is 0.841. The summed E-state index contributed by atoms with van der Waals surface area (Å²) in [5.41, 5.74) is 0. The average molecular weight is 356 g/mol. The van der Waals surface area contributed by atoms with Crippen molar-refractivity contribution in [1.29, 1.82) is 0 Å². The molecule has 1 aliphatic heterocycles. The number of hydrogen-bond acceptors (Lipinski definition) is 3. The van der Waals surface area contributed by atoms with Crippen LogP contribution in [0.15, 0.2) is 28.7 Å². The molecule has 21 heavy (non-hydrogen) atoms. The summed E-state index contributed by atoms with van der Waals surface area (Å²) in [6, 6.07) is 8.47. The lowest BCUT2D eigenvalue weighted by Gasteiger charge is -2.30. The van der Waals surface area contributed by atoms with Gasteiger partial charge in [-0.3, -0.25) is 4.90 Å². The van der Waals surface area contributed by atoms with Gasteiger partial charge in [-0.2, -0.15) is 0 Å². The van der Waals surface area contributed by atoms with Gasteiger partial charge >= 0.3 is 0 Å². The van der Waals surface area contributed by atoms with E-state index < -0.39 is 0 Å². The monoisotopic (exact) mass is 355 g/mol. The Morgan fingerprint density at radius 2 is 2.05 bits per heavy atom. The van der Waals surface area contributed by atoms with E-state index in [-0.39, 0.29) is 6.10 Å². The minimum Gasteiger partial charge on any atom is -0.492 e. The Hall–Kier alpha value is -0.580. The summed E-state index contributed by atoms with van der Waals surface area (Å²) < 4.78 is 6.90. The summed E-state index contributed by atoms with van der Waals surface area (Å²) in [5, 5.41) is 9.68. The molecule has 118 valence electrons. The van der Waals surface area contributed by atoms with E-state index in [9.17, 15) is 5.11 Å². The first-order valence-electron chi connectivity index (χ1n) is 7.95. The van der Waals surface area contributed by atoms with E-state index in [1.54, 1.807) is 0 Å². The van der Waals surface area contributed by atoms with Crippen LogP contribution < -0.4 is 4.74 Å². The van der Waals surface area contributed by atoms with Gasteiger partial charge in [0.1, 0.15) is 12.4 Å². The van der Waals surface area contributed by atoms with Crippen LogP contribution >= 0.6 is 15.9 Å². The standard InChI is InChI=1S/C17H26BrNO2/c1-14(20)13-16-5-3-2-4-10-19(16)11-12-21-17-8-6-15(18)7-9-17/h6-9,14,16,20H,2-5,10-13H2,1H3. The van der Waals surface area contributed by atoms with Gasteiger partial charge in [-0.25, -0.2) is 0 Å². The highest BCUT2D eigenvalue weighted by Gasteiger charge is 2.22. The third-order valence-corrected chi connectivity index (χ3v) is 4.60. The van der Waals surface area contributed by atoms with Crippen LogP contribution in [0.25, 0.3) is 0 Å². The van der Waals surface area contributed by atoms with E-state index in [2.05, 4.69) is 20.8 Å². The van der Waals surface area contributed by atoms with Crippen molar-refractivity contribution in [2.75, 3.05) is 19.7 Å². The molecule has 0 saturated carbocycles. The predicted octanol–water partition coefficient (Wildman–Crippen LogP) is 3.84. The maximum absolute atomic E-state index is 9.68. The molecule has 0 spiro atoms. The first-order valence-corrected chi connectivity index (χ1v) is 8.75. The highest BCUT2D eigenvalue weighted by Crippen LogP contribution is 2.21. The molecule has 1 aromatic rings. The van der Waals surface area contributed by atoms with Crippen molar-refractivity contribution in [1.82, 2.24) is 4.90 Å². The predicted molar refractivity (Wildman–Crippen MR) is 89.8 cm³/mol. The molecule has 1 heterocycles. The Kier molecular flexibility index (Phi) is 7.00. The van der Waals surface area contributed by atoms with Gasteiger partial charge in [-0.1, -0.05) is 28.8 Å². The molecule has 0 radical (unpaired) electrons. The molecular weight excluding hydrogens is 330 g/mol. The van der Waals surface area contributed by atoms with Crippen molar-refractivity contribution in [2.24, 2.45) is 0 Å². The highest BCUT2D eigenvalue weighted by atomic mass is 79.9. The fourth-order valence-electron chi connectivity index (χ4n) is 3.00. The Bertz CT molecular complexity index is 408. The number of benzene rings is 1. The summed E-state index contributed by atoms with van der Waals surface area (Å²) in [5.74, 6) is 0.917. The molecule has 0 aromatic heterocycles. The number of likely N-dealkylation sites (tertiary alicyclic amines) is 1. The van der Waals surface area contributed by atoms with E-state index in [1.807, 2.05) is 31.2 Å². The van der Waals surface area contributed by atoms with Gasteiger partial charge in [0.05, 0.1) is 6.10 Å². The van der Waals surface area contributed by atoms with Crippen LogP contribution in [-0.4, -0.2) is 41.8 Å². The Morgan fingerprint density at radius 1 is 1.29 bits per heavy atom. The zero-order valence-electron chi connectivity index (χ0n) is 12.8. The van der Waals surface area contributed by atoms with Gasteiger partial charge in [0.25, 0.3) is 0 Å². The lowest BCUT2D eigenvalue weighted by molar-refractivity contribution is 0.101. The van der Waals surface area contributed by atoms with Gasteiger partial charge in [-0.05, 0) is 57.0 Å². The number of aliphatic hydroxyl groups is 1. The third-order valence-electron chi connectivity index (χ3n) is 4.07. The highest BCUT2D eigenvalue weighted by molar-refractivity contribution is 9.10. The second kappa shape index (κ2) is 8.76. The summed E-state index contributed by atoms with van der Waals surface area (Å²) in [6.45, 7) is 4.66. The second-order valence-electron chi connectivity index (χ2n) is 5.93. The van der Waals surface area contributed by atoms with Gasteiger partial charge < -0.3 is 9.84 Å². The molecule has 3 nitrogen and oxygen atoms in total. The minimum atomic E-state index is -0.219. The van der Waals surface area contributed by atoms with Gasteiger partial charge in [0.2, 0.25) is 0 Å². The molecule has 4 heteroatoms. The lowest BCUT2D eigenvalue weighted by Crippen LogP contribution is -2.39. The lowest BCUT2D eigenvalue weighted by atomic mass is 10.0. The van der Waals surface area contributed by atoms with E-state index >= 15 is 0 Å². The van der Waals surface area contributed by atoms with Crippen LogP contribution in [0.1, 0.15) is 39.0 Å². The van der Waals surface area contributed by atoms with Crippen molar-refractivity contribution >= 4 is 15.9 Å². The van der Waals surface area contributed by atoms with E-state index in [4.69, 9.17) is 4.74 Å². The summed E-state index contributed by atoms with van der Waals surface area (Å²) in [4.78, 5) is 2.50. The molecule has 0 aliphatic carbocycles. The SMILES string of the molecule is CC(O)CC1CCCCCN1CCOc1ccc(Br)cc1. The number of ether oxygens (including phenoxy) is 1. The fraction of sp³-hybridized carbons (Fsp3) is 0.647. The number of halogens is 1. The molecule has 1 N–H and O–H groups in total. The molecule has 2 rings (SSSR count).